The van der Waals surface area contributed by atoms with E-state index in [4.69, 9.17) is 4.74 Å². The summed E-state index contributed by atoms with van der Waals surface area (Å²) >= 11 is 1.66. The average molecular weight is 504 g/mol. The molecular formula is C27H38FN3O3S. The summed E-state index contributed by atoms with van der Waals surface area (Å²) in [6.07, 6.45) is 0.380. The highest BCUT2D eigenvalue weighted by Crippen LogP contribution is 2.21. The summed E-state index contributed by atoms with van der Waals surface area (Å²) in [5.74, 6) is -0.417. The van der Waals surface area contributed by atoms with Gasteiger partial charge in [-0.15, -0.1) is 11.3 Å². The highest BCUT2D eigenvalue weighted by Gasteiger charge is 2.26. The first kappa shape index (κ1) is 27.3. The van der Waals surface area contributed by atoms with Crippen LogP contribution in [0.5, 0.6) is 0 Å². The van der Waals surface area contributed by atoms with Crippen molar-refractivity contribution in [2.75, 3.05) is 45.9 Å². The van der Waals surface area contributed by atoms with Gasteiger partial charge in [-0.3, -0.25) is 14.5 Å². The number of amides is 2. The van der Waals surface area contributed by atoms with Crippen molar-refractivity contribution < 1.29 is 18.7 Å². The van der Waals surface area contributed by atoms with E-state index in [1.165, 1.54) is 17.0 Å². The molecule has 6 nitrogen and oxygen atoms in total. The van der Waals surface area contributed by atoms with Crippen LogP contribution in [0.2, 0.25) is 0 Å². The second-order valence-electron chi connectivity index (χ2n) is 10.4. The molecule has 0 atom stereocenters. The van der Waals surface area contributed by atoms with Gasteiger partial charge < -0.3 is 14.5 Å². The fraction of sp³-hybridized carbons (Fsp3) is 0.556. The standard InChI is InChI=1S/C27H38FN3O3S/c1-21-5-10-24(35-21)19-31(18-22-6-8-23(28)9-7-22)26(33)20-30(25(32)17-27(2,3)4)12-11-29-13-15-34-16-14-29/h5-10H,11-20H2,1-4H3. The number of morpholine rings is 1. The lowest BCUT2D eigenvalue weighted by Gasteiger charge is -2.32. The normalized spacial score (nSPS) is 14.7. The molecule has 0 N–H and O–H groups in total. The second-order valence-corrected chi connectivity index (χ2v) is 11.8. The molecule has 1 aromatic heterocycles. The Kier molecular flexibility index (Phi) is 9.83. The summed E-state index contributed by atoms with van der Waals surface area (Å²) < 4.78 is 18.9. The number of hydrogen-bond acceptors (Lipinski definition) is 5. The van der Waals surface area contributed by atoms with Gasteiger partial charge in [-0.25, -0.2) is 4.39 Å². The largest absolute Gasteiger partial charge is 0.379 e. The minimum absolute atomic E-state index is 0.00666. The summed E-state index contributed by atoms with van der Waals surface area (Å²) in [5, 5.41) is 0. The molecule has 2 aromatic rings. The molecule has 0 spiro atoms. The third-order valence-electron chi connectivity index (χ3n) is 5.93. The van der Waals surface area contributed by atoms with E-state index in [1.807, 2.05) is 39.8 Å². The number of thiophene rings is 1. The van der Waals surface area contributed by atoms with E-state index in [0.29, 0.717) is 45.8 Å². The van der Waals surface area contributed by atoms with Gasteiger partial charge in [-0.05, 0) is 42.2 Å². The van der Waals surface area contributed by atoms with Gasteiger partial charge in [0.25, 0.3) is 0 Å². The highest BCUT2D eigenvalue weighted by molar-refractivity contribution is 7.11. The zero-order valence-electron chi connectivity index (χ0n) is 21.4. The molecule has 8 heteroatoms. The molecule has 192 valence electrons. The van der Waals surface area contributed by atoms with E-state index in [0.717, 1.165) is 23.5 Å². The zero-order valence-corrected chi connectivity index (χ0v) is 22.2. The molecule has 0 radical (unpaired) electrons. The maximum atomic E-state index is 13.6. The molecule has 0 bridgehead atoms. The molecule has 1 aliphatic rings. The topological polar surface area (TPSA) is 53.1 Å². The fourth-order valence-corrected chi connectivity index (χ4v) is 4.91. The summed E-state index contributed by atoms with van der Waals surface area (Å²) in [6, 6.07) is 10.3. The Morgan fingerprint density at radius 3 is 2.29 bits per heavy atom. The minimum atomic E-state index is -0.303. The van der Waals surface area contributed by atoms with E-state index in [1.54, 1.807) is 33.3 Å². The van der Waals surface area contributed by atoms with Crippen molar-refractivity contribution in [1.29, 1.82) is 0 Å². The maximum Gasteiger partial charge on any atom is 0.242 e. The molecule has 1 aromatic carbocycles. The summed E-state index contributed by atoms with van der Waals surface area (Å²) in [7, 11) is 0. The lowest BCUT2D eigenvalue weighted by molar-refractivity contribution is -0.142. The third-order valence-corrected chi connectivity index (χ3v) is 6.92. The van der Waals surface area contributed by atoms with Crippen LogP contribution in [0.25, 0.3) is 0 Å². The predicted octanol–water partition coefficient (Wildman–Crippen LogP) is 4.32. The number of ether oxygens (including phenoxy) is 1. The molecule has 1 saturated heterocycles. The van der Waals surface area contributed by atoms with Crippen LogP contribution in [0.1, 0.15) is 42.5 Å². The second kappa shape index (κ2) is 12.6. The molecule has 1 fully saturated rings. The number of rotatable bonds is 10. The van der Waals surface area contributed by atoms with Crippen molar-refractivity contribution in [2.45, 2.75) is 47.2 Å². The first-order valence-corrected chi connectivity index (χ1v) is 13.1. The van der Waals surface area contributed by atoms with Crippen molar-refractivity contribution in [1.82, 2.24) is 14.7 Å². The highest BCUT2D eigenvalue weighted by atomic mass is 32.1. The Bertz CT molecular complexity index is 965. The van der Waals surface area contributed by atoms with Gasteiger partial charge in [0.15, 0.2) is 0 Å². The van der Waals surface area contributed by atoms with E-state index >= 15 is 0 Å². The third kappa shape index (κ3) is 9.35. The van der Waals surface area contributed by atoms with E-state index in [9.17, 15) is 14.0 Å². The monoisotopic (exact) mass is 503 g/mol. The van der Waals surface area contributed by atoms with Gasteiger partial charge in [0.05, 0.1) is 26.3 Å². The van der Waals surface area contributed by atoms with Crippen LogP contribution in [0, 0.1) is 18.2 Å². The van der Waals surface area contributed by atoms with Gasteiger partial charge >= 0.3 is 0 Å². The Hall–Kier alpha value is -2.29. The summed E-state index contributed by atoms with van der Waals surface area (Å²) in [5.41, 5.74) is 0.688. The molecule has 2 heterocycles. The van der Waals surface area contributed by atoms with E-state index in [-0.39, 0.29) is 29.6 Å². The van der Waals surface area contributed by atoms with Gasteiger partial charge in [-0.2, -0.15) is 0 Å². The van der Waals surface area contributed by atoms with Crippen LogP contribution in [0.3, 0.4) is 0 Å². The molecule has 2 amide bonds. The lowest BCUT2D eigenvalue weighted by atomic mass is 9.91. The van der Waals surface area contributed by atoms with Crippen LogP contribution in [-0.4, -0.2) is 72.5 Å². The molecule has 0 aliphatic carbocycles. The van der Waals surface area contributed by atoms with Crippen molar-refractivity contribution >= 4 is 23.2 Å². The quantitative estimate of drug-likeness (QED) is 0.485. The van der Waals surface area contributed by atoms with Crippen molar-refractivity contribution in [3.05, 3.63) is 57.5 Å². The first-order chi connectivity index (χ1) is 16.6. The van der Waals surface area contributed by atoms with Gasteiger partial charge in [0, 0.05) is 48.9 Å². The van der Waals surface area contributed by atoms with Gasteiger partial charge in [0.2, 0.25) is 11.8 Å². The number of hydrogen-bond donors (Lipinski definition) is 0. The lowest BCUT2D eigenvalue weighted by Crippen LogP contribution is -2.47. The SMILES string of the molecule is Cc1ccc(CN(Cc2ccc(F)cc2)C(=O)CN(CCN2CCOCC2)C(=O)CC(C)(C)C)s1. The number of benzene rings is 1. The predicted molar refractivity (Wildman–Crippen MR) is 138 cm³/mol. The fourth-order valence-electron chi connectivity index (χ4n) is 4.01. The van der Waals surface area contributed by atoms with Crippen molar-refractivity contribution in [3.63, 3.8) is 0 Å². The molecule has 0 saturated carbocycles. The van der Waals surface area contributed by atoms with Crippen LogP contribution in [-0.2, 0) is 27.4 Å². The van der Waals surface area contributed by atoms with Crippen molar-refractivity contribution in [2.24, 2.45) is 5.41 Å². The Morgan fingerprint density at radius 1 is 1.00 bits per heavy atom. The van der Waals surface area contributed by atoms with Gasteiger partial charge in [0.1, 0.15) is 5.82 Å². The number of carbonyl (C=O) groups excluding carboxylic acids is 2. The Labute approximate surface area is 212 Å². The maximum absolute atomic E-state index is 13.6. The Morgan fingerprint density at radius 2 is 1.69 bits per heavy atom. The van der Waals surface area contributed by atoms with Crippen LogP contribution < -0.4 is 0 Å². The Balaban J connectivity index is 1.74. The number of halogens is 1. The number of nitrogens with zero attached hydrogens (tertiary/aromatic N) is 3. The molecule has 35 heavy (non-hydrogen) atoms. The van der Waals surface area contributed by atoms with Crippen molar-refractivity contribution in [3.8, 4) is 0 Å². The summed E-state index contributed by atoms with van der Waals surface area (Å²) in [6.45, 7) is 13.3. The molecule has 1 aliphatic heterocycles. The molecular weight excluding hydrogens is 465 g/mol. The van der Waals surface area contributed by atoms with E-state index < -0.39 is 0 Å². The first-order valence-electron chi connectivity index (χ1n) is 12.2. The van der Waals surface area contributed by atoms with Crippen LogP contribution in [0.15, 0.2) is 36.4 Å². The smallest absolute Gasteiger partial charge is 0.242 e. The van der Waals surface area contributed by atoms with E-state index in [2.05, 4.69) is 4.90 Å². The molecule has 3 rings (SSSR count). The summed E-state index contributed by atoms with van der Waals surface area (Å²) in [4.78, 5) is 34.8. The number of carbonyl (C=O) groups is 2. The van der Waals surface area contributed by atoms with Crippen LogP contribution >= 0.6 is 11.3 Å². The molecule has 0 unspecified atom stereocenters. The number of aryl methyl sites for hydroxylation is 1. The minimum Gasteiger partial charge on any atom is -0.379 e. The van der Waals surface area contributed by atoms with Crippen LogP contribution in [0.4, 0.5) is 4.39 Å². The van der Waals surface area contributed by atoms with Gasteiger partial charge in [-0.1, -0.05) is 32.9 Å². The zero-order chi connectivity index (χ0) is 25.4. The average Bonchev–Trinajstić information content (AvgIpc) is 3.21.